The summed E-state index contributed by atoms with van der Waals surface area (Å²) in [6.45, 7) is 2.73. The largest absolute Gasteiger partial charge is 0.481 e. The maximum atomic E-state index is 10.7. The van der Waals surface area contributed by atoms with E-state index in [9.17, 15) is 9.90 Å². The van der Waals surface area contributed by atoms with Gasteiger partial charge in [0, 0.05) is 23.8 Å². The quantitative estimate of drug-likeness (QED) is 0.130. The number of carboxylic acids is 1. The SMILES string of the molecule is C[C@@]1(/C=C/C=C/[C@@H](O)CC2(CC#Cc3ccccc3)CCC2)CCCC/C1=N\OCCCCCC(=O)O. The molecule has 0 aliphatic heterocycles. The second-order valence-electron chi connectivity index (χ2n) is 10.9. The highest BCUT2D eigenvalue weighted by Gasteiger charge is 2.37. The molecule has 0 aromatic heterocycles. The van der Waals surface area contributed by atoms with Crippen LogP contribution in [0.1, 0.15) is 96.0 Å². The summed E-state index contributed by atoms with van der Waals surface area (Å²) in [7, 11) is 0. The van der Waals surface area contributed by atoms with Gasteiger partial charge in [-0.15, -0.1) is 0 Å². The normalized spacial score (nSPS) is 22.9. The third kappa shape index (κ3) is 9.85. The number of carbonyl (C=O) groups is 1. The lowest BCUT2D eigenvalue weighted by Gasteiger charge is -2.41. The Balaban J connectivity index is 1.46. The van der Waals surface area contributed by atoms with Gasteiger partial charge in [-0.25, -0.2) is 0 Å². The molecular formula is C32H43NO4. The molecule has 1 aromatic carbocycles. The van der Waals surface area contributed by atoms with E-state index in [0.717, 1.165) is 75.5 Å². The number of aliphatic hydroxyl groups excluding tert-OH is 1. The van der Waals surface area contributed by atoms with Crippen molar-refractivity contribution in [2.24, 2.45) is 16.0 Å². The van der Waals surface area contributed by atoms with Gasteiger partial charge in [0.1, 0.15) is 6.61 Å². The van der Waals surface area contributed by atoms with Gasteiger partial charge < -0.3 is 15.1 Å². The Bertz CT molecular complexity index is 997. The van der Waals surface area contributed by atoms with Crippen LogP contribution in [-0.4, -0.2) is 34.6 Å². The van der Waals surface area contributed by atoms with Gasteiger partial charge in [-0.05, 0) is 75.3 Å². The molecule has 5 nitrogen and oxygen atoms in total. The first kappa shape index (κ1) is 28.7. The highest BCUT2D eigenvalue weighted by Crippen LogP contribution is 2.47. The van der Waals surface area contributed by atoms with E-state index in [0.29, 0.717) is 13.0 Å². The first-order valence-corrected chi connectivity index (χ1v) is 13.9. The Labute approximate surface area is 222 Å². The zero-order valence-corrected chi connectivity index (χ0v) is 22.3. The summed E-state index contributed by atoms with van der Waals surface area (Å²) >= 11 is 0. The van der Waals surface area contributed by atoms with Gasteiger partial charge in [-0.3, -0.25) is 4.79 Å². The lowest BCUT2D eigenvalue weighted by Crippen LogP contribution is -2.32. The van der Waals surface area contributed by atoms with E-state index < -0.39 is 12.1 Å². The molecule has 2 atom stereocenters. The van der Waals surface area contributed by atoms with Gasteiger partial charge in [0.2, 0.25) is 0 Å². The average Bonchev–Trinajstić information content (AvgIpc) is 2.86. The summed E-state index contributed by atoms with van der Waals surface area (Å²) in [5, 5.41) is 23.9. The van der Waals surface area contributed by atoms with Crippen LogP contribution < -0.4 is 0 Å². The van der Waals surface area contributed by atoms with Crippen molar-refractivity contribution in [3.63, 3.8) is 0 Å². The van der Waals surface area contributed by atoms with Gasteiger partial charge in [-0.2, -0.15) is 0 Å². The zero-order valence-electron chi connectivity index (χ0n) is 22.3. The van der Waals surface area contributed by atoms with E-state index in [1.165, 1.54) is 6.42 Å². The van der Waals surface area contributed by atoms with Crippen LogP contribution >= 0.6 is 0 Å². The number of aliphatic carboxylic acids is 1. The van der Waals surface area contributed by atoms with Crippen LogP contribution in [-0.2, 0) is 9.63 Å². The van der Waals surface area contributed by atoms with Gasteiger partial charge in [-0.1, -0.05) is 79.3 Å². The number of oxime groups is 1. The molecule has 0 saturated heterocycles. The third-order valence-corrected chi connectivity index (χ3v) is 7.75. The summed E-state index contributed by atoms with van der Waals surface area (Å²) in [4.78, 5) is 16.2. The predicted molar refractivity (Wildman–Crippen MR) is 149 cm³/mol. The molecule has 2 N–H and O–H groups in total. The van der Waals surface area contributed by atoms with Crippen LogP contribution in [0.15, 0.2) is 59.8 Å². The van der Waals surface area contributed by atoms with Crippen molar-refractivity contribution >= 4 is 11.7 Å². The van der Waals surface area contributed by atoms with Crippen molar-refractivity contribution in [2.75, 3.05) is 6.61 Å². The molecule has 200 valence electrons. The smallest absolute Gasteiger partial charge is 0.303 e. The topological polar surface area (TPSA) is 79.1 Å². The predicted octanol–water partition coefficient (Wildman–Crippen LogP) is 7.06. The molecule has 2 saturated carbocycles. The van der Waals surface area contributed by atoms with Crippen LogP contribution in [0, 0.1) is 22.7 Å². The number of nitrogens with zero attached hydrogens (tertiary/aromatic N) is 1. The van der Waals surface area contributed by atoms with E-state index in [-0.39, 0.29) is 17.3 Å². The highest BCUT2D eigenvalue weighted by atomic mass is 16.6. The lowest BCUT2D eigenvalue weighted by atomic mass is 9.64. The molecule has 5 heteroatoms. The second kappa shape index (κ2) is 14.8. The zero-order chi connectivity index (χ0) is 26.4. The van der Waals surface area contributed by atoms with Crippen molar-refractivity contribution < 1.29 is 19.8 Å². The molecule has 2 fully saturated rings. The van der Waals surface area contributed by atoms with Gasteiger partial charge in [0.25, 0.3) is 0 Å². The third-order valence-electron chi connectivity index (χ3n) is 7.75. The molecule has 37 heavy (non-hydrogen) atoms. The van der Waals surface area contributed by atoms with E-state index in [1.807, 2.05) is 48.6 Å². The van der Waals surface area contributed by atoms with Crippen molar-refractivity contribution in [3.05, 3.63) is 60.2 Å². The molecule has 2 aliphatic carbocycles. The van der Waals surface area contributed by atoms with Crippen molar-refractivity contribution in [3.8, 4) is 11.8 Å². The fourth-order valence-electron chi connectivity index (χ4n) is 5.24. The highest BCUT2D eigenvalue weighted by molar-refractivity contribution is 5.91. The molecule has 0 unspecified atom stereocenters. The van der Waals surface area contributed by atoms with Gasteiger partial charge >= 0.3 is 5.97 Å². The molecule has 0 bridgehead atoms. The average molecular weight is 506 g/mol. The van der Waals surface area contributed by atoms with Gasteiger partial charge in [0.15, 0.2) is 0 Å². The minimum Gasteiger partial charge on any atom is -0.481 e. The van der Waals surface area contributed by atoms with E-state index in [1.54, 1.807) is 0 Å². The van der Waals surface area contributed by atoms with Crippen molar-refractivity contribution in [2.45, 2.75) is 96.5 Å². The summed E-state index contributed by atoms with van der Waals surface area (Å²) < 4.78 is 0. The maximum absolute atomic E-state index is 10.7. The fourth-order valence-corrected chi connectivity index (χ4v) is 5.24. The fraction of sp³-hybridized carbons (Fsp3) is 0.562. The van der Waals surface area contributed by atoms with Crippen LogP contribution in [0.2, 0.25) is 0 Å². The number of hydrogen-bond donors (Lipinski definition) is 2. The second-order valence-corrected chi connectivity index (χ2v) is 10.9. The minimum absolute atomic E-state index is 0.134. The maximum Gasteiger partial charge on any atom is 0.303 e. The Morgan fingerprint density at radius 2 is 1.92 bits per heavy atom. The molecule has 0 heterocycles. The molecular weight excluding hydrogens is 462 g/mol. The first-order chi connectivity index (χ1) is 17.9. The van der Waals surface area contributed by atoms with Crippen LogP contribution in [0.3, 0.4) is 0 Å². The number of hydrogen-bond acceptors (Lipinski definition) is 4. The Hall–Kier alpha value is -2.84. The minimum atomic E-state index is -0.747. The molecule has 3 rings (SSSR count). The number of carboxylic acid groups (broad SMARTS) is 1. The molecule has 0 amide bonds. The van der Waals surface area contributed by atoms with Crippen molar-refractivity contribution in [1.29, 1.82) is 0 Å². The summed E-state index contributed by atoms with van der Waals surface area (Å²) in [6, 6.07) is 10.1. The summed E-state index contributed by atoms with van der Waals surface area (Å²) in [5.41, 5.74) is 2.11. The monoisotopic (exact) mass is 505 g/mol. The molecule has 1 aromatic rings. The molecule has 0 spiro atoms. The number of aliphatic hydroxyl groups is 1. The first-order valence-electron chi connectivity index (χ1n) is 13.9. The van der Waals surface area contributed by atoms with E-state index in [2.05, 4.69) is 30.0 Å². The van der Waals surface area contributed by atoms with E-state index >= 15 is 0 Å². The Morgan fingerprint density at radius 1 is 1.11 bits per heavy atom. The van der Waals surface area contributed by atoms with Gasteiger partial charge in [0.05, 0.1) is 11.8 Å². The number of unbranched alkanes of at least 4 members (excludes halogenated alkanes) is 2. The number of allylic oxidation sites excluding steroid dienone is 3. The Morgan fingerprint density at radius 3 is 2.65 bits per heavy atom. The van der Waals surface area contributed by atoms with Crippen LogP contribution in [0.4, 0.5) is 0 Å². The van der Waals surface area contributed by atoms with E-state index in [4.69, 9.17) is 9.94 Å². The number of benzene rings is 1. The lowest BCUT2D eigenvalue weighted by molar-refractivity contribution is -0.137. The standard InChI is InChI=1S/C32H43NO4/c1-31(21-10-8-18-29(31)33-37-25-11-3-6-19-30(35)36)20-9-7-17-28(34)26-32(23-13-24-32)22-12-16-27-14-4-2-5-15-27/h2,4-5,7,9,14-15,17,20,28,34H,3,6,8,10-11,13,18-19,21-26H2,1H3,(H,35,36)/b17-7+,20-9+,33-29+/t28-,31-/m1/s1. The van der Waals surface area contributed by atoms with Crippen molar-refractivity contribution in [1.82, 2.24) is 0 Å². The Kier molecular flexibility index (Phi) is 11.5. The molecule has 0 radical (unpaired) electrons. The number of rotatable bonds is 13. The summed E-state index contributed by atoms with van der Waals surface area (Å²) in [5.74, 6) is 5.88. The van der Waals surface area contributed by atoms with Crippen LogP contribution in [0.25, 0.3) is 0 Å². The molecule has 2 aliphatic rings. The summed E-state index contributed by atoms with van der Waals surface area (Å²) in [6.07, 6.45) is 19.5. The van der Waals surface area contributed by atoms with Crippen LogP contribution in [0.5, 0.6) is 0 Å².